The first-order chi connectivity index (χ1) is 7.93. The molecule has 1 aliphatic heterocycles. The van der Waals surface area contributed by atoms with Crippen molar-refractivity contribution < 1.29 is 17.9 Å². The largest absolute Gasteiger partial charge is 0.398 e. The predicted molar refractivity (Wildman–Crippen MR) is 60.2 cm³/mol. The van der Waals surface area contributed by atoms with Crippen LogP contribution in [0, 0.1) is 5.82 Å². The molecule has 0 aromatic heterocycles. The van der Waals surface area contributed by atoms with Crippen molar-refractivity contribution in [2.75, 3.05) is 18.8 Å². The first kappa shape index (κ1) is 12.3. The molecule has 7 heteroatoms. The van der Waals surface area contributed by atoms with Crippen LogP contribution in [0.3, 0.4) is 0 Å². The SMILES string of the molecule is Nc1cccc(F)c1S(=O)(=O)N1CC[C@@H](O)C1. The number of benzene rings is 1. The summed E-state index contributed by atoms with van der Waals surface area (Å²) in [7, 11) is -3.96. The number of sulfonamides is 1. The van der Waals surface area contributed by atoms with Gasteiger partial charge in [-0.1, -0.05) is 6.07 Å². The molecule has 0 aliphatic carbocycles. The quantitative estimate of drug-likeness (QED) is 0.742. The molecule has 1 aromatic rings. The van der Waals surface area contributed by atoms with Gasteiger partial charge in [-0.05, 0) is 18.6 Å². The molecule has 0 saturated carbocycles. The van der Waals surface area contributed by atoms with E-state index < -0.39 is 26.8 Å². The molecule has 1 heterocycles. The summed E-state index contributed by atoms with van der Waals surface area (Å²) >= 11 is 0. The summed E-state index contributed by atoms with van der Waals surface area (Å²) in [5.74, 6) is -0.869. The summed E-state index contributed by atoms with van der Waals surface area (Å²) in [6, 6.07) is 3.74. The molecule has 1 fully saturated rings. The first-order valence-electron chi connectivity index (χ1n) is 5.15. The molecule has 0 spiro atoms. The van der Waals surface area contributed by atoms with Crippen molar-refractivity contribution in [2.24, 2.45) is 0 Å². The molecule has 2 rings (SSSR count). The maximum Gasteiger partial charge on any atom is 0.248 e. The second kappa shape index (κ2) is 4.25. The topological polar surface area (TPSA) is 83.6 Å². The molecule has 94 valence electrons. The van der Waals surface area contributed by atoms with Gasteiger partial charge in [-0.25, -0.2) is 12.8 Å². The number of hydrogen-bond donors (Lipinski definition) is 2. The highest BCUT2D eigenvalue weighted by Gasteiger charge is 2.34. The lowest BCUT2D eigenvalue weighted by Crippen LogP contribution is -2.31. The molecular weight excluding hydrogens is 247 g/mol. The van der Waals surface area contributed by atoms with Gasteiger partial charge in [0.25, 0.3) is 0 Å². The molecule has 3 N–H and O–H groups in total. The predicted octanol–water partition coefficient (Wildman–Crippen LogP) is 0.163. The standard InChI is InChI=1S/C10H13FN2O3S/c11-8-2-1-3-9(12)10(8)17(15,16)13-5-4-7(14)6-13/h1-3,7,14H,4-6,12H2/t7-/m1/s1. The van der Waals surface area contributed by atoms with Crippen molar-refractivity contribution in [3.05, 3.63) is 24.0 Å². The number of aliphatic hydroxyl groups excluding tert-OH is 1. The van der Waals surface area contributed by atoms with E-state index in [1.807, 2.05) is 0 Å². The van der Waals surface area contributed by atoms with E-state index in [9.17, 15) is 17.9 Å². The van der Waals surface area contributed by atoms with E-state index in [1.165, 1.54) is 12.1 Å². The molecule has 5 nitrogen and oxygen atoms in total. The molecule has 0 radical (unpaired) electrons. The van der Waals surface area contributed by atoms with Crippen LogP contribution in [0.4, 0.5) is 10.1 Å². The molecule has 1 saturated heterocycles. The molecule has 1 aliphatic rings. The molecule has 0 amide bonds. The summed E-state index contributed by atoms with van der Waals surface area (Å²) in [5.41, 5.74) is 5.38. The van der Waals surface area contributed by atoms with Gasteiger partial charge < -0.3 is 10.8 Å². The van der Waals surface area contributed by atoms with Crippen LogP contribution in [-0.2, 0) is 10.0 Å². The molecular formula is C10H13FN2O3S. The number of nitrogen functional groups attached to an aromatic ring is 1. The van der Waals surface area contributed by atoms with Crippen molar-refractivity contribution >= 4 is 15.7 Å². The van der Waals surface area contributed by atoms with Crippen molar-refractivity contribution in [3.63, 3.8) is 0 Å². The van der Waals surface area contributed by atoms with Crippen molar-refractivity contribution in [2.45, 2.75) is 17.4 Å². The van der Waals surface area contributed by atoms with E-state index in [-0.39, 0.29) is 18.8 Å². The number of nitrogens with zero attached hydrogens (tertiary/aromatic N) is 1. The van der Waals surface area contributed by atoms with Crippen LogP contribution in [0.15, 0.2) is 23.1 Å². The highest BCUT2D eigenvalue weighted by Crippen LogP contribution is 2.27. The van der Waals surface area contributed by atoms with E-state index in [2.05, 4.69) is 0 Å². The number of rotatable bonds is 2. The Labute approximate surface area is 98.7 Å². The fourth-order valence-corrected chi connectivity index (χ4v) is 3.51. The lowest BCUT2D eigenvalue weighted by atomic mass is 10.3. The Balaban J connectivity index is 2.45. The zero-order valence-electron chi connectivity index (χ0n) is 9.01. The number of anilines is 1. The van der Waals surface area contributed by atoms with Crippen LogP contribution in [0.25, 0.3) is 0 Å². The van der Waals surface area contributed by atoms with Gasteiger partial charge in [0.15, 0.2) is 0 Å². The monoisotopic (exact) mass is 260 g/mol. The fourth-order valence-electron chi connectivity index (χ4n) is 1.86. The Morgan fingerprint density at radius 1 is 1.47 bits per heavy atom. The summed E-state index contributed by atoms with van der Waals surface area (Å²) in [4.78, 5) is -0.505. The van der Waals surface area contributed by atoms with Crippen LogP contribution in [-0.4, -0.2) is 37.0 Å². The third-order valence-corrected chi connectivity index (χ3v) is 4.68. The Hall–Kier alpha value is -1.18. The van der Waals surface area contributed by atoms with Gasteiger partial charge >= 0.3 is 0 Å². The minimum absolute atomic E-state index is 0.0178. The smallest absolute Gasteiger partial charge is 0.248 e. The van der Waals surface area contributed by atoms with E-state index >= 15 is 0 Å². The normalized spacial score (nSPS) is 21.9. The van der Waals surface area contributed by atoms with Crippen LogP contribution in [0.5, 0.6) is 0 Å². The summed E-state index contributed by atoms with van der Waals surface area (Å²) in [6.45, 7) is 0.160. The molecule has 17 heavy (non-hydrogen) atoms. The van der Waals surface area contributed by atoms with Gasteiger partial charge in [-0.3, -0.25) is 0 Å². The second-order valence-electron chi connectivity index (χ2n) is 3.96. The number of β-amino-alcohol motifs (C(OH)–C–C–N with tert-alkyl or cyclic N) is 1. The number of halogens is 1. The van der Waals surface area contributed by atoms with Crippen molar-refractivity contribution in [1.82, 2.24) is 4.31 Å². The third-order valence-electron chi connectivity index (χ3n) is 2.72. The van der Waals surface area contributed by atoms with Crippen LogP contribution in [0.1, 0.15) is 6.42 Å². The molecule has 1 aromatic carbocycles. The van der Waals surface area contributed by atoms with Crippen LogP contribution < -0.4 is 5.73 Å². The third kappa shape index (κ3) is 2.13. The zero-order valence-corrected chi connectivity index (χ0v) is 9.82. The van der Waals surface area contributed by atoms with Gasteiger partial charge in [0.05, 0.1) is 11.8 Å². The fraction of sp³-hybridized carbons (Fsp3) is 0.400. The highest BCUT2D eigenvalue weighted by atomic mass is 32.2. The van der Waals surface area contributed by atoms with Gasteiger partial charge in [0, 0.05) is 13.1 Å². The first-order valence-corrected chi connectivity index (χ1v) is 6.59. The Morgan fingerprint density at radius 3 is 2.71 bits per heavy atom. The van der Waals surface area contributed by atoms with Gasteiger partial charge in [0.1, 0.15) is 10.7 Å². The lowest BCUT2D eigenvalue weighted by molar-refractivity contribution is 0.189. The number of nitrogens with two attached hydrogens (primary N) is 1. The van der Waals surface area contributed by atoms with Crippen LogP contribution >= 0.6 is 0 Å². The van der Waals surface area contributed by atoms with Crippen LogP contribution in [0.2, 0.25) is 0 Å². The van der Waals surface area contributed by atoms with Gasteiger partial charge in [-0.2, -0.15) is 4.31 Å². The minimum Gasteiger partial charge on any atom is -0.398 e. The Morgan fingerprint density at radius 2 is 2.18 bits per heavy atom. The van der Waals surface area contributed by atoms with Crippen molar-refractivity contribution in [1.29, 1.82) is 0 Å². The highest BCUT2D eigenvalue weighted by molar-refractivity contribution is 7.89. The average Bonchev–Trinajstić information content (AvgIpc) is 2.64. The number of aliphatic hydroxyl groups is 1. The van der Waals surface area contributed by atoms with E-state index in [0.717, 1.165) is 10.4 Å². The second-order valence-corrected chi connectivity index (χ2v) is 5.84. The molecule has 1 atom stereocenters. The van der Waals surface area contributed by atoms with Gasteiger partial charge in [-0.15, -0.1) is 0 Å². The van der Waals surface area contributed by atoms with Gasteiger partial charge in [0.2, 0.25) is 10.0 Å². The molecule has 0 bridgehead atoms. The van der Waals surface area contributed by atoms with E-state index in [1.54, 1.807) is 0 Å². The summed E-state index contributed by atoms with van der Waals surface area (Å²) in [5, 5.41) is 9.32. The maximum atomic E-state index is 13.5. The summed E-state index contributed by atoms with van der Waals surface area (Å²) < 4.78 is 38.8. The number of hydrogen-bond acceptors (Lipinski definition) is 4. The van der Waals surface area contributed by atoms with E-state index in [0.29, 0.717) is 6.42 Å². The Kier molecular flexibility index (Phi) is 3.07. The molecule has 0 unspecified atom stereocenters. The summed E-state index contributed by atoms with van der Waals surface area (Å²) in [6.07, 6.45) is -0.342. The lowest BCUT2D eigenvalue weighted by Gasteiger charge is -2.17. The minimum atomic E-state index is -3.96. The van der Waals surface area contributed by atoms with Crippen molar-refractivity contribution in [3.8, 4) is 0 Å². The van der Waals surface area contributed by atoms with E-state index in [4.69, 9.17) is 5.73 Å². The average molecular weight is 260 g/mol. The zero-order chi connectivity index (χ0) is 12.6. The maximum absolute atomic E-state index is 13.5. The Bertz CT molecular complexity index is 512.